The Morgan fingerprint density at radius 1 is 0.615 bits per heavy atom. The van der Waals surface area contributed by atoms with E-state index >= 15 is 0 Å². The highest BCUT2D eigenvalue weighted by Gasteiger charge is 1.98. The lowest BCUT2D eigenvalue weighted by molar-refractivity contribution is -0.143. The molecule has 0 saturated carbocycles. The number of carbonyl (C=O) groups excluding carboxylic acids is 1. The Morgan fingerprint density at radius 2 is 1.04 bits per heavy atom. The van der Waals surface area contributed by atoms with Gasteiger partial charge in [-0.05, 0) is 32.6 Å². The zero-order chi connectivity index (χ0) is 19.1. The molecule has 0 saturated heterocycles. The van der Waals surface area contributed by atoms with Gasteiger partial charge < -0.3 is 4.74 Å². The molecule has 2 nitrogen and oxygen atoms in total. The van der Waals surface area contributed by atoms with Gasteiger partial charge in [0.1, 0.15) is 0 Å². The van der Waals surface area contributed by atoms with E-state index < -0.39 is 0 Å². The summed E-state index contributed by atoms with van der Waals surface area (Å²) < 4.78 is 4.92. The van der Waals surface area contributed by atoms with Crippen molar-refractivity contribution in [1.29, 1.82) is 0 Å². The minimum absolute atomic E-state index is 0.0622. The third kappa shape index (κ3) is 21.3. The molecule has 0 N–H and O–H groups in total. The summed E-state index contributed by atoms with van der Waals surface area (Å²) in [7, 11) is 0. The highest BCUT2D eigenvalue weighted by Crippen LogP contribution is 2.13. The lowest BCUT2D eigenvalue weighted by Gasteiger charge is -2.03. The van der Waals surface area contributed by atoms with Gasteiger partial charge in [0.05, 0.1) is 6.61 Å². The molecule has 0 amide bonds. The molecular weight excluding hydrogens is 320 g/mol. The summed E-state index contributed by atoms with van der Waals surface area (Å²) in [5, 5.41) is 0. The Hall–Kier alpha value is -0.790. The average molecular weight is 367 g/mol. The number of rotatable bonds is 20. The molecule has 0 rings (SSSR count). The summed E-state index contributed by atoms with van der Waals surface area (Å²) in [6.07, 6.45) is 28.0. The van der Waals surface area contributed by atoms with Gasteiger partial charge in [-0.2, -0.15) is 0 Å². The SMILES string of the molecule is CCCCCCCCCCCCCCCCC=CCCCC(=O)OCC. The van der Waals surface area contributed by atoms with Crippen LogP contribution in [0.2, 0.25) is 0 Å². The summed E-state index contributed by atoms with van der Waals surface area (Å²) in [6, 6.07) is 0. The molecule has 26 heavy (non-hydrogen) atoms. The molecule has 0 fully saturated rings. The second-order valence-corrected chi connectivity index (χ2v) is 7.55. The van der Waals surface area contributed by atoms with Gasteiger partial charge in [0.15, 0.2) is 0 Å². The first kappa shape index (κ1) is 25.2. The molecule has 0 aliphatic rings. The fraction of sp³-hybridized carbons (Fsp3) is 0.875. The molecule has 0 atom stereocenters. The van der Waals surface area contributed by atoms with Gasteiger partial charge in [0.2, 0.25) is 0 Å². The van der Waals surface area contributed by atoms with E-state index in [0.29, 0.717) is 13.0 Å². The molecule has 0 unspecified atom stereocenters. The predicted octanol–water partition coefficient (Wildman–Crippen LogP) is 8.15. The van der Waals surface area contributed by atoms with Crippen LogP contribution in [0.1, 0.15) is 129 Å². The van der Waals surface area contributed by atoms with Crippen LogP contribution in [-0.2, 0) is 9.53 Å². The molecule has 154 valence electrons. The van der Waals surface area contributed by atoms with E-state index in [-0.39, 0.29) is 5.97 Å². The first-order valence-corrected chi connectivity index (χ1v) is 11.6. The third-order valence-electron chi connectivity index (χ3n) is 4.95. The number of hydrogen-bond donors (Lipinski definition) is 0. The van der Waals surface area contributed by atoms with E-state index in [1.54, 1.807) is 0 Å². The van der Waals surface area contributed by atoms with E-state index in [9.17, 15) is 4.79 Å². The van der Waals surface area contributed by atoms with Crippen LogP contribution in [0.3, 0.4) is 0 Å². The maximum absolute atomic E-state index is 11.2. The van der Waals surface area contributed by atoms with Gasteiger partial charge >= 0.3 is 5.97 Å². The van der Waals surface area contributed by atoms with Crippen LogP contribution in [-0.4, -0.2) is 12.6 Å². The predicted molar refractivity (Wildman–Crippen MR) is 115 cm³/mol. The van der Waals surface area contributed by atoms with Crippen LogP contribution in [0.5, 0.6) is 0 Å². The van der Waals surface area contributed by atoms with E-state index in [1.165, 1.54) is 96.3 Å². The van der Waals surface area contributed by atoms with Crippen molar-refractivity contribution in [3.05, 3.63) is 12.2 Å². The van der Waals surface area contributed by atoms with Gasteiger partial charge in [0.25, 0.3) is 0 Å². The van der Waals surface area contributed by atoms with Crippen molar-refractivity contribution in [3.63, 3.8) is 0 Å². The Kier molecular flexibility index (Phi) is 21.6. The minimum Gasteiger partial charge on any atom is -0.466 e. The smallest absolute Gasteiger partial charge is 0.305 e. The fourth-order valence-electron chi connectivity index (χ4n) is 3.29. The van der Waals surface area contributed by atoms with Gasteiger partial charge in [0, 0.05) is 6.42 Å². The molecule has 0 aromatic carbocycles. The average Bonchev–Trinajstić information content (AvgIpc) is 2.64. The first-order chi connectivity index (χ1) is 12.8. The van der Waals surface area contributed by atoms with E-state index in [1.807, 2.05) is 6.92 Å². The van der Waals surface area contributed by atoms with Crippen molar-refractivity contribution in [3.8, 4) is 0 Å². The van der Waals surface area contributed by atoms with Crippen LogP contribution in [0.15, 0.2) is 12.2 Å². The highest BCUT2D eigenvalue weighted by atomic mass is 16.5. The van der Waals surface area contributed by atoms with E-state index in [2.05, 4.69) is 19.1 Å². The molecule has 0 aromatic rings. The van der Waals surface area contributed by atoms with Gasteiger partial charge in [-0.15, -0.1) is 0 Å². The van der Waals surface area contributed by atoms with Crippen LogP contribution in [0.4, 0.5) is 0 Å². The molecule has 2 heteroatoms. The summed E-state index contributed by atoms with van der Waals surface area (Å²) in [5.41, 5.74) is 0. The highest BCUT2D eigenvalue weighted by molar-refractivity contribution is 5.69. The van der Waals surface area contributed by atoms with Gasteiger partial charge in [-0.1, -0.05) is 103 Å². The third-order valence-corrected chi connectivity index (χ3v) is 4.95. The van der Waals surface area contributed by atoms with Crippen LogP contribution in [0, 0.1) is 0 Å². The topological polar surface area (TPSA) is 26.3 Å². The van der Waals surface area contributed by atoms with Crippen molar-refractivity contribution < 1.29 is 9.53 Å². The summed E-state index contributed by atoms with van der Waals surface area (Å²) in [6.45, 7) is 4.63. The van der Waals surface area contributed by atoms with E-state index in [4.69, 9.17) is 4.74 Å². The van der Waals surface area contributed by atoms with Crippen molar-refractivity contribution in [2.45, 2.75) is 129 Å². The first-order valence-electron chi connectivity index (χ1n) is 11.6. The zero-order valence-corrected chi connectivity index (χ0v) is 17.9. The van der Waals surface area contributed by atoms with Crippen LogP contribution < -0.4 is 0 Å². The number of ether oxygens (including phenoxy) is 1. The number of unbranched alkanes of at least 4 members (excludes halogenated alkanes) is 15. The number of hydrogen-bond acceptors (Lipinski definition) is 2. The van der Waals surface area contributed by atoms with Crippen molar-refractivity contribution in [2.24, 2.45) is 0 Å². The Balaban J connectivity index is 3.10. The van der Waals surface area contributed by atoms with Crippen molar-refractivity contribution in [1.82, 2.24) is 0 Å². The Morgan fingerprint density at radius 3 is 1.50 bits per heavy atom. The van der Waals surface area contributed by atoms with Crippen LogP contribution in [0.25, 0.3) is 0 Å². The largest absolute Gasteiger partial charge is 0.466 e. The molecule has 0 aliphatic heterocycles. The molecule has 0 bridgehead atoms. The lowest BCUT2D eigenvalue weighted by Crippen LogP contribution is -2.02. The van der Waals surface area contributed by atoms with Crippen molar-refractivity contribution in [2.75, 3.05) is 6.61 Å². The quantitative estimate of drug-likeness (QED) is 0.123. The molecule has 0 radical (unpaired) electrons. The van der Waals surface area contributed by atoms with Gasteiger partial charge in [-0.25, -0.2) is 0 Å². The monoisotopic (exact) mass is 366 g/mol. The molecule has 0 aromatic heterocycles. The molecule has 0 aliphatic carbocycles. The zero-order valence-electron chi connectivity index (χ0n) is 17.9. The Bertz CT molecular complexity index is 309. The second kappa shape index (κ2) is 22.3. The second-order valence-electron chi connectivity index (χ2n) is 7.55. The normalized spacial score (nSPS) is 11.3. The standard InChI is InChI=1S/C24H46O2/c1-3-5-6-7-8-9-10-11-12-13-14-15-16-17-18-19-20-21-22-23-24(25)26-4-2/h19-20H,3-18,21-23H2,1-2H3. The minimum atomic E-state index is -0.0622. The maximum Gasteiger partial charge on any atom is 0.305 e. The Labute approximate surface area is 164 Å². The summed E-state index contributed by atoms with van der Waals surface area (Å²) in [5.74, 6) is -0.0622. The molecule has 0 spiro atoms. The number of carbonyl (C=O) groups is 1. The van der Waals surface area contributed by atoms with Crippen molar-refractivity contribution >= 4 is 5.97 Å². The number of allylic oxidation sites excluding steroid dienone is 2. The molecule has 0 heterocycles. The van der Waals surface area contributed by atoms with Gasteiger partial charge in [-0.3, -0.25) is 4.79 Å². The maximum atomic E-state index is 11.2. The van der Waals surface area contributed by atoms with Crippen LogP contribution >= 0.6 is 0 Å². The fourth-order valence-corrected chi connectivity index (χ4v) is 3.29. The summed E-state index contributed by atoms with van der Waals surface area (Å²) in [4.78, 5) is 11.2. The summed E-state index contributed by atoms with van der Waals surface area (Å²) >= 11 is 0. The lowest BCUT2D eigenvalue weighted by atomic mass is 10.0. The van der Waals surface area contributed by atoms with E-state index in [0.717, 1.165) is 12.8 Å². The number of esters is 1. The molecular formula is C24H46O2.